The highest BCUT2D eigenvalue weighted by molar-refractivity contribution is 5.28. The van der Waals surface area contributed by atoms with Crippen molar-refractivity contribution in [2.75, 3.05) is 0 Å². The van der Waals surface area contributed by atoms with Crippen LogP contribution in [-0.4, -0.2) is 10.6 Å². The molecule has 0 aliphatic heterocycles. The Morgan fingerprint density at radius 1 is 0.952 bits per heavy atom. The molecule has 1 fully saturated rings. The van der Waals surface area contributed by atoms with Crippen LogP contribution in [0.2, 0.25) is 0 Å². The lowest BCUT2D eigenvalue weighted by atomic mass is 9.72. The van der Waals surface area contributed by atoms with Gasteiger partial charge in [0.1, 0.15) is 5.75 Å². The van der Waals surface area contributed by atoms with E-state index in [0.717, 1.165) is 19.3 Å². The van der Waals surface area contributed by atoms with Crippen molar-refractivity contribution in [3.63, 3.8) is 0 Å². The number of aromatic hydroxyl groups is 1. The summed E-state index contributed by atoms with van der Waals surface area (Å²) in [6, 6.07) is 18.2. The van der Waals surface area contributed by atoms with Gasteiger partial charge in [0.15, 0.2) is 0 Å². The second-order valence-corrected chi connectivity index (χ2v) is 6.39. The number of nitrogens with two attached hydrogens (primary N) is 1. The maximum atomic E-state index is 9.36. The molecule has 0 aromatic heterocycles. The topological polar surface area (TPSA) is 46.2 Å². The van der Waals surface area contributed by atoms with Crippen LogP contribution >= 0.6 is 0 Å². The second-order valence-electron chi connectivity index (χ2n) is 6.39. The standard InChI is InChI=1S/C19H23NO/c20-19(14-15-6-8-18(21)9-7-15)12-10-17(11-13-19)16-4-2-1-3-5-16/h1-9,17,21H,10-14,20H2. The van der Waals surface area contributed by atoms with Crippen molar-refractivity contribution in [1.29, 1.82) is 0 Å². The number of phenolic OH excluding ortho intramolecular Hbond substituents is 1. The summed E-state index contributed by atoms with van der Waals surface area (Å²) in [5.74, 6) is 0.973. The minimum absolute atomic E-state index is 0.0950. The van der Waals surface area contributed by atoms with Gasteiger partial charge in [-0.2, -0.15) is 0 Å². The third-order valence-corrected chi connectivity index (χ3v) is 4.74. The van der Waals surface area contributed by atoms with E-state index in [1.165, 1.54) is 24.0 Å². The maximum absolute atomic E-state index is 9.36. The first-order valence-corrected chi connectivity index (χ1v) is 7.76. The number of hydrogen-bond acceptors (Lipinski definition) is 2. The fourth-order valence-electron chi connectivity index (χ4n) is 3.45. The predicted molar refractivity (Wildman–Crippen MR) is 86.4 cm³/mol. The van der Waals surface area contributed by atoms with E-state index in [0.29, 0.717) is 11.7 Å². The van der Waals surface area contributed by atoms with E-state index in [-0.39, 0.29) is 5.54 Å². The Morgan fingerprint density at radius 2 is 1.57 bits per heavy atom. The summed E-state index contributed by atoms with van der Waals surface area (Å²) in [5.41, 5.74) is 9.18. The molecule has 2 aromatic carbocycles. The minimum Gasteiger partial charge on any atom is -0.508 e. The molecule has 2 aromatic rings. The molecule has 0 spiro atoms. The van der Waals surface area contributed by atoms with Crippen molar-refractivity contribution in [2.45, 2.75) is 43.6 Å². The quantitative estimate of drug-likeness (QED) is 0.893. The van der Waals surface area contributed by atoms with Gasteiger partial charge in [0, 0.05) is 5.54 Å². The highest BCUT2D eigenvalue weighted by Crippen LogP contribution is 2.38. The Bertz CT molecular complexity index is 568. The molecule has 110 valence electrons. The summed E-state index contributed by atoms with van der Waals surface area (Å²) >= 11 is 0. The average Bonchev–Trinajstić information content (AvgIpc) is 2.51. The Morgan fingerprint density at radius 3 is 2.19 bits per heavy atom. The van der Waals surface area contributed by atoms with E-state index >= 15 is 0 Å². The monoisotopic (exact) mass is 281 g/mol. The van der Waals surface area contributed by atoms with E-state index < -0.39 is 0 Å². The summed E-state index contributed by atoms with van der Waals surface area (Å²) in [6.45, 7) is 0. The van der Waals surface area contributed by atoms with Crippen LogP contribution in [0.1, 0.15) is 42.7 Å². The molecule has 0 atom stereocenters. The van der Waals surface area contributed by atoms with Crippen molar-refractivity contribution < 1.29 is 5.11 Å². The molecule has 21 heavy (non-hydrogen) atoms. The number of phenols is 1. The van der Waals surface area contributed by atoms with Crippen LogP contribution in [0.3, 0.4) is 0 Å². The average molecular weight is 281 g/mol. The molecule has 2 nitrogen and oxygen atoms in total. The van der Waals surface area contributed by atoms with Crippen molar-refractivity contribution in [2.24, 2.45) is 5.73 Å². The lowest BCUT2D eigenvalue weighted by Crippen LogP contribution is -2.45. The van der Waals surface area contributed by atoms with Gasteiger partial charge in [-0.25, -0.2) is 0 Å². The summed E-state index contributed by atoms with van der Waals surface area (Å²) in [6.07, 6.45) is 5.35. The Hall–Kier alpha value is -1.80. The highest BCUT2D eigenvalue weighted by atomic mass is 16.3. The Labute approximate surface area is 126 Å². The van der Waals surface area contributed by atoms with E-state index in [9.17, 15) is 5.11 Å². The predicted octanol–water partition coefficient (Wildman–Crippen LogP) is 3.99. The second kappa shape index (κ2) is 5.90. The zero-order chi connectivity index (χ0) is 14.7. The van der Waals surface area contributed by atoms with Gasteiger partial charge < -0.3 is 10.8 Å². The van der Waals surface area contributed by atoms with Crippen LogP contribution in [0.4, 0.5) is 0 Å². The first-order valence-electron chi connectivity index (χ1n) is 7.76. The molecule has 3 rings (SSSR count). The highest BCUT2D eigenvalue weighted by Gasteiger charge is 2.32. The van der Waals surface area contributed by atoms with Crippen LogP contribution in [0.15, 0.2) is 54.6 Å². The van der Waals surface area contributed by atoms with Gasteiger partial charge in [-0.15, -0.1) is 0 Å². The third-order valence-electron chi connectivity index (χ3n) is 4.74. The van der Waals surface area contributed by atoms with Crippen molar-refractivity contribution in [3.05, 3.63) is 65.7 Å². The number of rotatable bonds is 3. The molecule has 3 N–H and O–H groups in total. The largest absolute Gasteiger partial charge is 0.508 e. The molecule has 1 aliphatic rings. The summed E-state index contributed by atoms with van der Waals surface area (Å²) < 4.78 is 0. The number of hydrogen-bond donors (Lipinski definition) is 2. The summed E-state index contributed by atoms with van der Waals surface area (Å²) in [7, 11) is 0. The van der Waals surface area contributed by atoms with Gasteiger partial charge in [0.25, 0.3) is 0 Å². The SMILES string of the molecule is NC1(Cc2ccc(O)cc2)CCC(c2ccccc2)CC1. The Balaban J connectivity index is 1.62. The molecule has 0 amide bonds. The van der Waals surface area contributed by atoms with Crippen LogP contribution in [0, 0.1) is 0 Å². The fraction of sp³-hybridized carbons (Fsp3) is 0.368. The van der Waals surface area contributed by atoms with Crippen LogP contribution in [-0.2, 0) is 6.42 Å². The number of benzene rings is 2. The smallest absolute Gasteiger partial charge is 0.115 e. The first kappa shape index (κ1) is 14.2. The fourth-order valence-corrected chi connectivity index (χ4v) is 3.45. The van der Waals surface area contributed by atoms with Crippen LogP contribution in [0.5, 0.6) is 5.75 Å². The molecule has 0 radical (unpaired) electrons. The van der Waals surface area contributed by atoms with Gasteiger partial charge >= 0.3 is 0 Å². The van der Waals surface area contributed by atoms with Gasteiger partial charge in [0.05, 0.1) is 0 Å². The van der Waals surface area contributed by atoms with Crippen molar-refractivity contribution >= 4 is 0 Å². The van der Waals surface area contributed by atoms with Crippen molar-refractivity contribution in [3.8, 4) is 5.75 Å². The van der Waals surface area contributed by atoms with Crippen molar-refractivity contribution in [1.82, 2.24) is 0 Å². The molecule has 0 bridgehead atoms. The normalized spacial score (nSPS) is 25.7. The van der Waals surface area contributed by atoms with E-state index in [1.807, 2.05) is 12.1 Å². The molecule has 0 heterocycles. The zero-order valence-corrected chi connectivity index (χ0v) is 12.3. The van der Waals surface area contributed by atoms with Crippen LogP contribution in [0.25, 0.3) is 0 Å². The Kier molecular flexibility index (Phi) is 3.98. The zero-order valence-electron chi connectivity index (χ0n) is 12.3. The molecule has 0 unspecified atom stereocenters. The van der Waals surface area contributed by atoms with E-state index in [1.54, 1.807) is 12.1 Å². The van der Waals surface area contributed by atoms with Gasteiger partial charge in [0.2, 0.25) is 0 Å². The van der Waals surface area contributed by atoms with Gasteiger partial charge in [-0.1, -0.05) is 42.5 Å². The molecule has 2 heteroatoms. The van der Waals surface area contributed by atoms with E-state index in [4.69, 9.17) is 5.73 Å². The molecular formula is C19H23NO. The lowest BCUT2D eigenvalue weighted by Gasteiger charge is -2.37. The summed E-state index contributed by atoms with van der Waals surface area (Å²) in [5, 5.41) is 9.36. The maximum Gasteiger partial charge on any atom is 0.115 e. The van der Waals surface area contributed by atoms with Gasteiger partial charge in [-0.05, 0) is 61.3 Å². The molecule has 1 saturated carbocycles. The van der Waals surface area contributed by atoms with Crippen LogP contribution < -0.4 is 5.73 Å². The van der Waals surface area contributed by atoms with E-state index in [2.05, 4.69) is 30.3 Å². The molecule has 0 saturated heterocycles. The molecule has 1 aliphatic carbocycles. The lowest BCUT2D eigenvalue weighted by molar-refractivity contribution is 0.271. The third kappa shape index (κ3) is 3.45. The van der Waals surface area contributed by atoms with Gasteiger partial charge in [-0.3, -0.25) is 0 Å². The first-order chi connectivity index (χ1) is 10.1. The minimum atomic E-state index is -0.0950. The molecular weight excluding hydrogens is 258 g/mol. The summed E-state index contributed by atoms with van der Waals surface area (Å²) in [4.78, 5) is 0.